The first-order chi connectivity index (χ1) is 17.4. The number of hydrogen-bond acceptors (Lipinski definition) is 7. The molecule has 0 radical (unpaired) electrons. The van der Waals surface area contributed by atoms with Crippen LogP contribution in [0.2, 0.25) is 0 Å². The third kappa shape index (κ3) is 5.69. The zero-order chi connectivity index (χ0) is 25.7. The van der Waals surface area contributed by atoms with E-state index in [1.165, 1.54) is 37.8 Å². The van der Waals surface area contributed by atoms with E-state index in [1.807, 2.05) is 6.07 Å². The molecule has 0 fully saturated rings. The summed E-state index contributed by atoms with van der Waals surface area (Å²) < 4.78 is 50.8. The number of pyridine rings is 1. The maximum Gasteiger partial charge on any atom is 0.310 e. The van der Waals surface area contributed by atoms with Crippen molar-refractivity contribution < 1.29 is 32.2 Å². The van der Waals surface area contributed by atoms with Crippen molar-refractivity contribution >= 4 is 16.9 Å². The normalized spacial score (nSPS) is 12.0. The van der Waals surface area contributed by atoms with Gasteiger partial charge in [0, 0.05) is 48.0 Å². The van der Waals surface area contributed by atoms with Crippen molar-refractivity contribution in [2.45, 2.75) is 32.6 Å². The predicted octanol–water partition coefficient (Wildman–Crippen LogP) is 4.93. The van der Waals surface area contributed by atoms with Crippen molar-refractivity contribution in [3.05, 3.63) is 83.4 Å². The van der Waals surface area contributed by atoms with Gasteiger partial charge in [0.05, 0.1) is 25.0 Å². The summed E-state index contributed by atoms with van der Waals surface area (Å²) >= 11 is 0. The van der Waals surface area contributed by atoms with E-state index in [4.69, 9.17) is 24.4 Å². The van der Waals surface area contributed by atoms with Crippen LogP contribution in [-0.2, 0) is 33.8 Å². The Bertz CT molecular complexity index is 1370. The van der Waals surface area contributed by atoms with Crippen LogP contribution < -0.4 is 10.5 Å². The second-order valence-electron chi connectivity index (χ2n) is 8.28. The highest BCUT2D eigenvalue weighted by Crippen LogP contribution is 2.34. The van der Waals surface area contributed by atoms with Gasteiger partial charge in [-0.1, -0.05) is 6.07 Å². The minimum absolute atomic E-state index is 0.0378. The minimum Gasteiger partial charge on any atom is -0.488 e. The Morgan fingerprint density at radius 3 is 2.75 bits per heavy atom. The van der Waals surface area contributed by atoms with E-state index in [0.717, 1.165) is 5.39 Å². The second kappa shape index (κ2) is 11.3. The standard InChI is InChI=1S/C27H26F2N2O5/c1-16(14-33-2)36-25(32)11-18-3-4-20(28)12-24(18)35-15-17-9-19-6-8-34-27(19)22(10-17)21-5-7-31-23(13-30)26(21)29/h3-10,12,16H,11,13-15,30H2,1-2H3. The molecule has 0 amide bonds. The summed E-state index contributed by atoms with van der Waals surface area (Å²) in [4.78, 5) is 16.3. The van der Waals surface area contributed by atoms with Gasteiger partial charge < -0.3 is 24.4 Å². The van der Waals surface area contributed by atoms with Gasteiger partial charge in [0.2, 0.25) is 0 Å². The van der Waals surface area contributed by atoms with Crippen LogP contribution in [0.15, 0.2) is 59.3 Å². The van der Waals surface area contributed by atoms with E-state index in [9.17, 15) is 9.18 Å². The highest BCUT2D eigenvalue weighted by Gasteiger charge is 2.18. The number of rotatable bonds is 10. The highest BCUT2D eigenvalue weighted by atomic mass is 19.1. The molecule has 0 saturated heterocycles. The van der Waals surface area contributed by atoms with Crippen LogP contribution in [0.5, 0.6) is 5.75 Å². The Balaban J connectivity index is 1.60. The number of carbonyl (C=O) groups excluding carboxylic acids is 1. The van der Waals surface area contributed by atoms with Crippen LogP contribution >= 0.6 is 0 Å². The molecule has 0 spiro atoms. The van der Waals surface area contributed by atoms with Crippen molar-refractivity contribution in [3.63, 3.8) is 0 Å². The molecule has 4 aromatic rings. The third-order valence-electron chi connectivity index (χ3n) is 5.55. The van der Waals surface area contributed by atoms with Gasteiger partial charge >= 0.3 is 5.97 Å². The molecule has 2 heterocycles. The molecule has 0 aliphatic carbocycles. The number of methoxy groups -OCH3 is 1. The van der Waals surface area contributed by atoms with E-state index in [1.54, 1.807) is 25.1 Å². The molecule has 2 aromatic carbocycles. The third-order valence-corrected chi connectivity index (χ3v) is 5.55. The molecule has 0 bridgehead atoms. The topological polar surface area (TPSA) is 96.8 Å². The number of aromatic nitrogens is 1. The fourth-order valence-corrected chi connectivity index (χ4v) is 3.93. The smallest absolute Gasteiger partial charge is 0.310 e. The lowest BCUT2D eigenvalue weighted by Crippen LogP contribution is -2.21. The van der Waals surface area contributed by atoms with Crippen LogP contribution in [0, 0.1) is 11.6 Å². The maximum absolute atomic E-state index is 15.0. The fraction of sp³-hybridized carbons (Fsp3) is 0.259. The Kier molecular flexibility index (Phi) is 7.92. The molecule has 4 rings (SSSR count). The number of nitrogens with zero attached hydrogens (tertiary/aromatic N) is 1. The second-order valence-corrected chi connectivity index (χ2v) is 8.28. The van der Waals surface area contributed by atoms with Gasteiger partial charge in [-0.15, -0.1) is 0 Å². The van der Waals surface area contributed by atoms with Gasteiger partial charge in [0.25, 0.3) is 0 Å². The lowest BCUT2D eigenvalue weighted by Gasteiger charge is -2.15. The van der Waals surface area contributed by atoms with Gasteiger partial charge in [-0.25, -0.2) is 8.78 Å². The van der Waals surface area contributed by atoms with Gasteiger partial charge in [-0.3, -0.25) is 9.78 Å². The summed E-state index contributed by atoms with van der Waals surface area (Å²) in [6, 6.07) is 10.8. The molecule has 9 heteroatoms. The van der Waals surface area contributed by atoms with Crippen LogP contribution in [0.3, 0.4) is 0 Å². The first-order valence-electron chi connectivity index (χ1n) is 11.3. The zero-order valence-electron chi connectivity index (χ0n) is 19.9. The number of furan rings is 1. The summed E-state index contributed by atoms with van der Waals surface area (Å²) in [6.07, 6.45) is 2.49. The minimum atomic E-state index is -0.524. The molecule has 1 atom stereocenters. The molecule has 36 heavy (non-hydrogen) atoms. The Morgan fingerprint density at radius 1 is 1.14 bits per heavy atom. The molecule has 2 aromatic heterocycles. The average Bonchev–Trinajstić information content (AvgIpc) is 3.33. The summed E-state index contributed by atoms with van der Waals surface area (Å²) in [5.74, 6) is -1.30. The first kappa shape index (κ1) is 25.3. The SMILES string of the molecule is COCC(C)OC(=O)Cc1ccc(F)cc1OCc1cc(-c2ccnc(CN)c2F)c2occc2c1. The number of benzene rings is 2. The molecule has 0 aliphatic heterocycles. The van der Waals surface area contributed by atoms with E-state index in [0.29, 0.717) is 27.8 Å². The van der Waals surface area contributed by atoms with Crippen molar-refractivity contribution in [2.75, 3.05) is 13.7 Å². The molecule has 188 valence electrons. The van der Waals surface area contributed by atoms with E-state index in [-0.39, 0.29) is 37.6 Å². The number of carbonyl (C=O) groups is 1. The van der Waals surface area contributed by atoms with Gasteiger partial charge in [0.1, 0.15) is 29.9 Å². The zero-order valence-corrected chi connectivity index (χ0v) is 19.9. The number of esters is 1. The van der Waals surface area contributed by atoms with Crippen LogP contribution in [-0.4, -0.2) is 30.8 Å². The number of nitrogens with two attached hydrogens (primary N) is 1. The monoisotopic (exact) mass is 496 g/mol. The summed E-state index contributed by atoms with van der Waals surface area (Å²) in [5, 5.41) is 0.742. The maximum atomic E-state index is 15.0. The number of halogens is 2. The van der Waals surface area contributed by atoms with E-state index >= 15 is 4.39 Å². The molecular weight excluding hydrogens is 470 g/mol. The van der Waals surface area contributed by atoms with E-state index in [2.05, 4.69) is 4.98 Å². The quantitative estimate of drug-likeness (QED) is 0.311. The van der Waals surface area contributed by atoms with Gasteiger partial charge in [0.15, 0.2) is 5.82 Å². The summed E-state index contributed by atoms with van der Waals surface area (Å²) in [5.41, 5.74) is 8.25. The molecule has 0 aliphatic rings. The lowest BCUT2D eigenvalue weighted by atomic mass is 10.00. The number of fused-ring (bicyclic) bond motifs is 1. The molecule has 7 nitrogen and oxygen atoms in total. The van der Waals surface area contributed by atoms with Crippen molar-refractivity contribution in [1.29, 1.82) is 0 Å². The molecular formula is C27H26F2N2O5. The largest absolute Gasteiger partial charge is 0.488 e. The Labute approximate surface area is 206 Å². The fourth-order valence-electron chi connectivity index (χ4n) is 3.93. The lowest BCUT2D eigenvalue weighted by molar-refractivity contribution is -0.149. The van der Waals surface area contributed by atoms with Crippen molar-refractivity contribution in [3.8, 4) is 16.9 Å². The predicted molar refractivity (Wildman–Crippen MR) is 129 cm³/mol. The summed E-state index contributed by atoms with van der Waals surface area (Å²) in [7, 11) is 1.52. The van der Waals surface area contributed by atoms with Crippen molar-refractivity contribution in [1.82, 2.24) is 4.98 Å². The van der Waals surface area contributed by atoms with Gasteiger partial charge in [-0.2, -0.15) is 0 Å². The highest BCUT2D eigenvalue weighted by molar-refractivity contribution is 5.93. The number of ether oxygens (including phenoxy) is 3. The van der Waals surface area contributed by atoms with E-state index < -0.39 is 23.7 Å². The van der Waals surface area contributed by atoms with Gasteiger partial charge in [-0.05, 0) is 42.8 Å². The van der Waals surface area contributed by atoms with Crippen LogP contribution in [0.1, 0.15) is 23.7 Å². The van der Waals surface area contributed by atoms with Crippen LogP contribution in [0.4, 0.5) is 8.78 Å². The molecule has 0 saturated carbocycles. The van der Waals surface area contributed by atoms with Crippen LogP contribution in [0.25, 0.3) is 22.1 Å². The number of hydrogen-bond donors (Lipinski definition) is 1. The first-order valence-corrected chi connectivity index (χ1v) is 11.3. The Morgan fingerprint density at radius 2 is 1.97 bits per heavy atom. The van der Waals surface area contributed by atoms with Crippen molar-refractivity contribution in [2.24, 2.45) is 5.73 Å². The molecule has 2 N–H and O–H groups in total. The average molecular weight is 497 g/mol. The molecule has 1 unspecified atom stereocenters. The summed E-state index contributed by atoms with van der Waals surface area (Å²) in [6.45, 7) is 1.98. The Hall–Kier alpha value is -3.82.